The zero-order chi connectivity index (χ0) is 13.8. The summed E-state index contributed by atoms with van der Waals surface area (Å²) in [7, 11) is 0. The zero-order valence-electron chi connectivity index (χ0n) is 11.1. The van der Waals surface area contributed by atoms with Crippen LogP contribution < -0.4 is 0 Å². The van der Waals surface area contributed by atoms with Gasteiger partial charge in [0, 0.05) is 25.7 Å². The summed E-state index contributed by atoms with van der Waals surface area (Å²) < 4.78 is 1.68. The highest BCUT2D eigenvalue weighted by atomic mass is 16.4. The highest BCUT2D eigenvalue weighted by Gasteiger charge is 2.25. The molecule has 0 aromatic carbocycles. The van der Waals surface area contributed by atoms with Crippen LogP contribution in [-0.2, 0) is 4.79 Å². The minimum Gasteiger partial charge on any atom is -0.478 e. The Morgan fingerprint density at radius 2 is 2.32 bits per heavy atom. The Labute approximate surface area is 112 Å². The molecule has 0 spiro atoms. The molecule has 0 aliphatic carbocycles. The van der Waals surface area contributed by atoms with E-state index in [1.807, 2.05) is 11.8 Å². The Balaban J connectivity index is 2.03. The minimum atomic E-state index is -0.971. The lowest BCUT2D eigenvalue weighted by Crippen LogP contribution is -2.40. The largest absolute Gasteiger partial charge is 0.478 e. The maximum absolute atomic E-state index is 11.9. The predicted molar refractivity (Wildman–Crippen MR) is 68.9 cm³/mol. The van der Waals surface area contributed by atoms with Crippen molar-refractivity contribution in [2.45, 2.75) is 38.6 Å². The second kappa shape index (κ2) is 5.86. The molecule has 104 valence electrons. The molecule has 1 aliphatic heterocycles. The second-order valence-electron chi connectivity index (χ2n) is 4.90. The molecule has 6 nitrogen and oxygen atoms in total. The maximum Gasteiger partial charge on any atom is 0.338 e. The average molecular weight is 265 g/mol. The van der Waals surface area contributed by atoms with Crippen molar-refractivity contribution in [3.05, 3.63) is 18.0 Å². The molecule has 1 amide bonds. The fourth-order valence-corrected chi connectivity index (χ4v) is 2.42. The van der Waals surface area contributed by atoms with E-state index < -0.39 is 5.97 Å². The third-order valence-electron chi connectivity index (χ3n) is 3.44. The molecule has 1 aromatic heterocycles. The molecule has 1 fully saturated rings. The minimum absolute atomic E-state index is 0.0858. The molecule has 2 rings (SSSR count). The first-order valence-corrected chi connectivity index (χ1v) is 6.67. The fourth-order valence-electron chi connectivity index (χ4n) is 2.42. The third kappa shape index (κ3) is 3.13. The maximum atomic E-state index is 11.9. The number of aromatic nitrogens is 2. The van der Waals surface area contributed by atoms with E-state index in [9.17, 15) is 9.59 Å². The van der Waals surface area contributed by atoms with Crippen LogP contribution in [0.2, 0.25) is 0 Å². The van der Waals surface area contributed by atoms with Crippen LogP contribution in [0.1, 0.15) is 49.0 Å². The highest BCUT2D eigenvalue weighted by Crippen LogP contribution is 2.22. The van der Waals surface area contributed by atoms with Gasteiger partial charge in [-0.15, -0.1) is 0 Å². The van der Waals surface area contributed by atoms with Crippen molar-refractivity contribution >= 4 is 11.9 Å². The number of hydrogen-bond donors (Lipinski definition) is 1. The summed E-state index contributed by atoms with van der Waals surface area (Å²) >= 11 is 0. The molecule has 19 heavy (non-hydrogen) atoms. The Morgan fingerprint density at radius 1 is 1.53 bits per heavy atom. The number of likely N-dealkylation sites (tertiary alicyclic amines) is 1. The van der Waals surface area contributed by atoms with E-state index in [1.54, 1.807) is 10.9 Å². The van der Waals surface area contributed by atoms with Crippen LogP contribution >= 0.6 is 0 Å². The van der Waals surface area contributed by atoms with Crippen LogP contribution in [0.3, 0.4) is 0 Å². The number of hydrogen-bond acceptors (Lipinski definition) is 3. The van der Waals surface area contributed by atoms with Gasteiger partial charge in [0.1, 0.15) is 0 Å². The van der Waals surface area contributed by atoms with Crippen LogP contribution in [0.5, 0.6) is 0 Å². The second-order valence-corrected chi connectivity index (χ2v) is 4.90. The molecule has 0 radical (unpaired) electrons. The smallest absolute Gasteiger partial charge is 0.338 e. The standard InChI is InChI=1S/C13H19N3O3/c1-2-4-12(17)15-6-3-5-11(9-15)16-8-10(7-14-16)13(18)19/h7-8,11H,2-6,9H2,1H3,(H,18,19)/t11-/m1/s1. The third-order valence-corrected chi connectivity index (χ3v) is 3.44. The number of aromatic carboxylic acids is 1. The van der Waals surface area contributed by atoms with E-state index in [2.05, 4.69) is 5.10 Å². The molecule has 0 bridgehead atoms. The van der Waals surface area contributed by atoms with Gasteiger partial charge in [-0.1, -0.05) is 6.92 Å². The number of rotatable bonds is 4. The van der Waals surface area contributed by atoms with E-state index in [1.165, 1.54) is 6.20 Å². The molecule has 0 unspecified atom stereocenters. The average Bonchev–Trinajstić information content (AvgIpc) is 2.89. The van der Waals surface area contributed by atoms with E-state index >= 15 is 0 Å². The Kier molecular flexibility index (Phi) is 4.19. The molecule has 1 saturated heterocycles. The van der Waals surface area contributed by atoms with E-state index in [4.69, 9.17) is 5.11 Å². The lowest BCUT2D eigenvalue weighted by atomic mass is 10.1. The zero-order valence-corrected chi connectivity index (χ0v) is 11.1. The van der Waals surface area contributed by atoms with Crippen molar-refractivity contribution in [1.29, 1.82) is 0 Å². The van der Waals surface area contributed by atoms with Crippen molar-refractivity contribution in [3.63, 3.8) is 0 Å². The van der Waals surface area contributed by atoms with Crippen molar-refractivity contribution < 1.29 is 14.7 Å². The van der Waals surface area contributed by atoms with E-state index in [-0.39, 0.29) is 17.5 Å². The molecule has 6 heteroatoms. The summed E-state index contributed by atoms with van der Waals surface area (Å²) in [6.45, 7) is 3.41. The van der Waals surface area contributed by atoms with Crippen molar-refractivity contribution in [1.82, 2.24) is 14.7 Å². The lowest BCUT2D eigenvalue weighted by molar-refractivity contribution is -0.132. The van der Waals surface area contributed by atoms with Gasteiger partial charge in [0.25, 0.3) is 0 Å². The van der Waals surface area contributed by atoms with Gasteiger partial charge in [-0.05, 0) is 19.3 Å². The number of carbonyl (C=O) groups excluding carboxylic acids is 1. The first kappa shape index (κ1) is 13.6. The van der Waals surface area contributed by atoms with Crippen LogP contribution in [0, 0.1) is 0 Å². The molecule has 1 N–H and O–H groups in total. The van der Waals surface area contributed by atoms with Gasteiger partial charge >= 0.3 is 5.97 Å². The summed E-state index contributed by atoms with van der Waals surface area (Å²) in [5.74, 6) is -0.793. The lowest BCUT2D eigenvalue weighted by Gasteiger charge is -2.32. The first-order chi connectivity index (χ1) is 9.11. The molecular formula is C13H19N3O3. The summed E-state index contributed by atoms with van der Waals surface area (Å²) in [6, 6.07) is 0.0858. The quantitative estimate of drug-likeness (QED) is 0.896. The number of piperidine rings is 1. The van der Waals surface area contributed by atoms with E-state index in [0.717, 1.165) is 25.8 Å². The first-order valence-electron chi connectivity index (χ1n) is 6.67. The summed E-state index contributed by atoms with van der Waals surface area (Å²) in [4.78, 5) is 24.6. The van der Waals surface area contributed by atoms with Crippen LogP contribution in [0.4, 0.5) is 0 Å². The number of nitrogens with zero attached hydrogens (tertiary/aromatic N) is 3. The van der Waals surface area contributed by atoms with Crippen molar-refractivity contribution in [2.75, 3.05) is 13.1 Å². The van der Waals surface area contributed by atoms with Crippen molar-refractivity contribution in [3.8, 4) is 0 Å². The molecule has 1 atom stereocenters. The van der Waals surface area contributed by atoms with Crippen LogP contribution in [0.15, 0.2) is 12.4 Å². The predicted octanol–water partition coefficient (Wildman–Crippen LogP) is 1.54. The summed E-state index contributed by atoms with van der Waals surface area (Å²) in [5, 5.41) is 13.0. The van der Waals surface area contributed by atoms with Gasteiger partial charge in [-0.2, -0.15) is 5.10 Å². The molecule has 1 aliphatic rings. The molecule has 0 saturated carbocycles. The van der Waals surface area contributed by atoms with Gasteiger partial charge in [-0.3, -0.25) is 9.48 Å². The highest BCUT2D eigenvalue weighted by molar-refractivity contribution is 5.86. The number of carbonyl (C=O) groups is 2. The van der Waals surface area contributed by atoms with Gasteiger partial charge < -0.3 is 10.0 Å². The Bertz CT molecular complexity index is 469. The number of carboxylic acids is 1. The monoisotopic (exact) mass is 265 g/mol. The summed E-state index contributed by atoms with van der Waals surface area (Å²) in [5.41, 5.74) is 0.192. The van der Waals surface area contributed by atoms with Gasteiger partial charge in [-0.25, -0.2) is 4.79 Å². The van der Waals surface area contributed by atoms with Gasteiger partial charge in [0.15, 0.2) is 0 Å². The van der Waals surface area contributed by atoms with Gasteiger partial charge in [0.2, 0.25) is 5.91 Å². The number of carboxylic acid groups (broad SMARTS) is 1. The normalized spacial score (nSPS) is 19.4. The SMILES string of the molecule is CCCC(=O)N1CCC[C@@H](n2cc(C(=O)O)cn2)C1. The fraction of sp³-hybridized carbons (Fsp3) is 0.615. The van der Waals surface area contributed by atoms with Crippen LogP contribution in [0.25, 0.3) is 0 Å². The Hall–Kier alpha value is -1.85. The van der Waals surface area contributed by atoms with Crippen LogP contribution in [-0.4, -0.2) is 44.8 Å². The molecule has 1 aromatic rings. The van der Waals surface area contributed by atoms with E-state index in [0.29, 0.717) is 13.0 Å². The van der Waals surface area contributed by atoms with Gasteiger partial charge in [0.05, 0.1) is 17.8 Å². The van der Waals surface area contributed by atoms with Crippen molar-refractivity contribution in [2.24, 2.45) is 0 Å². The Morgan fingerprint density at radius 3 is 2.95 bits per heavy atom. The molecule has 2 heterocycles. The molecular weight excluding hydrogens is 246 g/mol. The summed E-state index contributed by atoms with van der Waals surface area (Å²) in [6.07, 6.45) is 6.19. The number of amides is 1. The topological polar surface area (TPSA) is 75.4 Å².